The van der Waals surface area contributed by atoms with E-state index in [0.29, 0.717) is 6.61 Å². The minimum atomic E-state index is -0.732. The van der Waals surface area contributed by atoms with Crippen molar-refractivity contribution in [1.29, 1.82) is 0 Å². The second-order valence-corrected chi connectivity index (χ2v) is 9.89. The highest BCUT2D eigenvalue weighted by molar-refractivity contribution is 6.22. The van der Waals surface area contributed by atoms with Gasteiger partial charge in [0.15, 0.2) is 12.4 Å². The molecule has 3 aliphatic heterocycles. The van der Waals surface area contributed by atoms with Gasteiger partial charge in [-0.3, -0.25) is 19.3 Å². The molecule has 2 amide bonds. The maximum absolute atomic E-state index is 12.8. The van der Waals surface area contributed by atoms with E-state index in [1.165, 1.54) is 29.2 Å². The fourth-order valence-corrected chi connectivity index (χ4v) is 5.25. The SMILES string of the molecule is CN1/C(=C\C(=O)COC(=O)c2ccc3c(c2)C(=O)N(CC2CCCO2)C3=O)C(C)(C)c2ccccc21. The number of carbonyl (C=O) groups excluding carboxylic acids is 4. The molecule has 0 radical (unpaired) electrons. The fraction of sp³-hybridized carbons (Fsp3) is 0.357. The molecule has 5 rings (SSSR count). The molecule has 8 nitrogen and oxygen atoms in total. The Morgan fingerprint density at radius 3 is 2.58 bits per heavy atom. The first-order chi connectivity index (χ1) is 17.2. The third kappa shape index (κ3) is 4.01. The van der Waals surface area contributed by atoms with Gasteiger partial charge < -0.3 is 14.4 Å². The molecule has 8 heteroatoms. The average molecular weight is 489 g/mol. The zero-order valence-corrected chi connectivity index (χ0v) is 20.6. The predicted octanol–water partition coefficient (Wildman–Crippen LogP) is 3.50. The predicted molar refractivity (Wildman–Crippen MR) is 132 cm³/mol. The Labute approximate surface area is 209 Å². The highest BCUT2D eigenvalue weighted by Crippen LogP contribution is 2.46. The molecule has 2 aromatic rings. The molecular weight excluding hydrogens is 460 g/mol. The molecule has 1 saturated heterocycles. The Hall–Kier alpha value is -3.78. The van der Waals surface area contributed by atoms with Gasteiger partial charge in [-0.15, -0.1) is 0 Å². The van der Waals surface area contributed by atoms with Gasteiger partial charge in [-0.05, 0) is 42.7 Å². The molecule has 0 spiro atoms. The topological polar surface area (TPSA) is 93.2 Å². The van der Waals surface area contributed by atoms with Gasteiger partial charge in [0.05, 0.1) is 29.3 Å². The van der Waals surface area contributed by atoms with E-state index in [0.717, 1.165) is 29.8 Å². The zero-order chi connectivity index (χ0) is 25.6. The standard InChI is InChI=1S/C28H28N2O6/c1-28(2)22-8-4-5-9-23(22)29(3)24(28)14-18(31)16-36-27(34)17-10-11-20-21(13-17)26(33)30(25(20)32)15-19-7-6-12-35-19/h4-5,8-11,13-14,19H,6-7,12,15-16H2,1-3H3/b24-14-. The van der Waals surface area contributed by atoms with Gasteiger partial charge in [-0.1, -0.05) is 32.0 Å². The number of benzene rings is 2. The molecule has 1 unspecified atom stereocenters. The number of ether oxygens (including phenoxy) is 2. The van der Waals surface area contributed by atoms with E-state index in [-0.39, 0.29) is 40.5 Å². The molecule has 186 valence electrons. The summed E-state index contributed by atoms with van der Waals surface area (Å²) in [6.07, 6.45) is 3.06. The number of nitrogens with zero attached hydrogens (tertiary/aromatic N) is 2. The Morgan fingerprint density at radius 2 is 1.86 bits per heavy atom. The molecule has 0 saturated carbocycles. The van der Waals surface area contributed by atoms with Crippen molar-refractivity contribution in [3.05, 3.63) is 76.5 Å². The third-order valence-corrected chi connectivity index (χ3v) is 7.20. The number of carbonyl (C=O) groups is 4. The van der Waals surface area contributed by atoms with Crippen LogP contribution < -0.4 is 4.90 Å². The van der Waals surface area contributed by atoms with Crippen LogP contribution in [0.4, 0.5) is 5.69 Å². The first kappa shape index (κ1) is 23.9. The minimum absolute atomic E-state index is 0.111. The number of allylic oxidation sites excluding steroid dienone is 1. The number of hydrogen-bond donors (Lipinski definition) is 0. The molecular formula is C28H28N2O6. The highest BCUT2D eigenvalue weighted by Gasteiger charge is 2.39. The molecule has 0 aromatic heterocycles. The Balaban J connectivity index is 1.25. The van der Waals surface area contributed by atoms with Crippen molar-refractivity contribution in [1.82, 2.24) is 4.90 Å². The summed E-state index contributed by atoms with van der Waals surface area (Å²) < 4.78 is 10.8. The maximum Gasteiger partial charge on any atom is 0.338 e. The summed E-state index contributed by atoms with van der Waals surface area (Å²) >= 11 is 0. The van der Waals surface area contributed by atoms with Crippen LogP contribution in [0.3, 0.4) is 0 Å². The lowest BCUT2D eigenvalue weighted by atomic mass is 9.83. The van der Waals surface area contributed by atoms with E-state index in [1.807, 2.05) is 50.1 Å². The van der Waals surface area contributed by atoms with Crippen LogP contribution in [0, 0.1) is 0 Å². The van der Waals surface area contributed by atoms with Gasteiger partial charge in [0.2, 0.25) is 0 Å². The van der Waals surface area contributed by atoms with Gasteiger partial charge in [-0.25, -0.2) is 4.79 Å². The number of esters is 1. The number of para-hydroxylation sites is 1. The monoisotopic (exact) mass is 488 g/mol. The van der Waals surface area contributed by atoms with Gasteiger partial charge in [0.1, 0.15) is 0 Å². The Morgan fingerprint density at radius 1 is 1.11 bits per heavy atom. The van der Waals surface area contributed by atoms with Crippen LogP contribution in [0.15, 0.2) is 54.2 Å². The van der Waals surface area contributed by atoms with Crippen LogP contribution in [0.25, 0.3) is 0 Å². The van der Waals surface area contributed by atoms with Crippen LogP contribution in [0.5, 0.6) is 0 Å². The lowest BCUT2D eigenvalue weighted by Gasteiger charge is -2.23. The van der Waals surface area contributed by atoms with E-state index in [4.69, 9.17) is 9.47 Å². The summed E-state index contributed by atoms with van der Waals surface area (Å²) in [7, 11) is 1.91. The van der Waals surface area contributed by atoms with Crippen molar-refractivity contribution in [3.8, 4) is 0 Å². The number of hydrogen-bond acceptors (Lipinski definition) is 7. The number of fused-ring (bicyclic) bond motifs is 2. The summed E-state index contributed by atoms with van der Waals surface area (Å²) in [4.78, 5) is 54.1. The number of rotatable bonds is 6. The molecule has 3 aliphatic rings. The fourth-order valence-electron chi connectivity index (χ4n) is 5.25. The number of amides is 2. The third-order valence-electron chi connectivity index (χ3n) is 7.20. The highest BCUT2D eigenvalue weighted by atomic mass is 16.5. The number of likely N-dealkylation sites (N-methyl/N-ethyl adjacent to an activating group) is 1. The largest absolute Gasteiger partial charge is 0.454 e. The van der Waals surface area contributed by atoms with Crippen molar-refractivity contribution in [2.45, 2.75) is 38.2 Å². The molecule has 0 bridgehead atoms. The van der Waals surface area contributed by atoms with Crippen molar-refractivity contribution >= 4 is 29.3 Å². The second kappa shape index (κ2) is 9.02. The van der Waals surface area contributed by atoms with Crippen LogP contribution in [-0.4, -0.2) is 61.4 Å². The quantitative estimate of drug-likeness (QED) is 0.349. The van der Waals surface area contributed by atoms with E-state index >= 15 is 0 Å². The molecule has 36 heavy (non-hydrogen) atoms. The first-order valence-corrected chi connectivity index (χ1v) is 12.1. The maximum atomic E-state index is 12.8. The summed E-state index contributed by atoms with van der Waals surface area (Å²) in [5.41, 5.74) is 3.12. The molecule has 0 aliphatic carbocycles. The van der Waals surface area contributed by atoms with Crippen LogP contribution >= 0.6 is 0 Å². The van der Waals surface area contributed by atoms with E-state index in [1.54, 1.807) is 0 Å². The zero-order valence-electron chi connectivity index (χ0n) is 20.6. The lowest BCUT2D eigenvalue weighted by molar-refractivity contribution is -0.117. The van der Waals surface area contributed by atoms with Crippen molar-refractivity contribution in [3.63, 3.8) is 0 Å². The van der Waals surface area contributed by atoms with Crippen molar-refractivity contribution in [2.75, 3.05) is 31.7 Å². The smallest absolute Gasteiger partial charge is 0.338 e. The van der Waals surface area contributed by atoms with Gasteiger partial charge >= 0.3 is 5.97 Å². The number of imide groups is 1. The molecule has 2 aromatic carbocycles. The number of anilines is 1. The van der Waals surface area contributed by atoms with Gasteiger partial charge in [0.25, 0.3) is 11.8 Å². The molecule has 1 atom stereocenters. The lowest BCUT2D eigenvalue weighted by Crippen LogP contribution is -2.36. The second-order valence-electron chi connectivity index (χ2n) is 9.89. The van der Waals surface area contributed by atoms with Crippen molar-refractivity contribution in [2.24, 2.45) is 0 Å². The van der Waals surface area contributed by atoms with Crippen LogP contribution in [0.2, 0.25) is 0 Å². The van der Waals surface area contributed by atoms with Crippen LogP contribution in [-0.2, 0) is 19.7 Å². The van der Waals surface area contributed by atoms with Crippen LogP contribution in [0.1, 0.15) is 63.3 Å². The molecule has 1 fully saturated rings. The normalized spacial score (nSPS) is 21.2. The first-order valence-electron chi connectivity index (χ1n) is 12.1. The van der Waals surface area contributed by atoms with Gasteiger partial charge in [0, 0.05) is 36.5 Å². The summed E-state index contributed by atoms with van der Waals surface area (Å²) in [5, 5.41) is 0. The van der Waals surface area contributed by atoms with E-state index in [2.05, 4.69) is 0 Å². The average Bonchev–Trinajstić information content (AvgIpc) is 3.52. The summed E-state index contributed by atoms with van der Waals surface area (Å²) in [5.74, 6) is -1.92. The Kier molecular flexibility index (Phi) is 6.00. The minimum Gasteiger partial charge on any atom is -0.454 e. The Bertz CT molecular complexity index is 1300. The molecule has 0 N–H and O–H groups in total. The summed E-state index contributed by atoms with van der Waals surface area (Å²) in [6, 6.07) is 12.2. The number of ketones is 1. The summed E-state index contributed by atoms with van der Waals surface area (Å²) in [6.45, 7) is 4.48. The van der Waals surface area contributed by atoms with Crippen molar-refractivity contribution < 1.29 is 28.7 Å². The van der Waals surface area contributed by atoms with E-state index < -0.39 is 24.4 Å². The molecule has 3 heterocycles. The van der Waals surface area contributed by atoms with E-state index in [9.17, 15) is 19.2 Å². The van der Waals surface area contributed by atoms with Gasteiger partial charge in [-0.2, -0.15) is 0 Å².